The van der Waals surface area contributed by atoms with Crippen molar-refractivity contribution in [2.75, 3.05) is 7.05 Å². The highest BCUT2D eigenvalue weighted by Gasteiger charge is 2.25. The number of aromatic nitrogens is 1. The van der Waals surface area contributed by atoms with Crippen molar-refractivity contribution < 1.29 is 0 Å². The Labute approximate surface area is 121 Å². The fourth-order valence-electron chi connectivity index (χ4n) is 3.63. The molecule has 2 heteroatoms. The molecule has 2 nitrogen and oxygen atoms in total. The van der Waals surface area contributed by atoms with E-state index in [0.29, 0.717) is 6.04 Å². The molecule has 0 radical (unpaired) electrons. The fourth-order valence-corrected chi connectivity index (χ4v) is 3.63. The lowest BCUT2D eigenvalue weighted by atomic mass is 9.88. The fraction of sp³-hybridized carbons (Fsp3) is 0.500. The molecular formula is C18H24N2. The SMILES string of the molecule is CNC(c1nccc2ccccc12)C1CCCCCC1. The van der Waals surface area contributed by atoms with Gasteiger partial charge in [0, 0.05) is 11.6 Å². The summed E-state index contributed by atoms with van der Waals surface area (Å²) in [5, 5.41) is 6.15. The number of hydrogen-bond acceptors (Lipinski definition) is 2. The van der Waals surface area contributed by atoms with Gasteiger partial charge in [-0.05, 0) is 37.3 Å². The molecule has 1 aromatic heterocycles. The quantitative estimate of drug-likeness (QED) is 0.831. The van der Waals surface area contributed by atoms with Crippen molar-refractivity contribution in [2.24, 2.45) is 5.92 Å². The molecule has 0 amide bonds. The highest BCUT2D eigenvalue weighted by atomic mass is 14.9. The summed E-state index contributed by atoms with van der Waals surface area (Å²) in [4.78, 5) is 4.72. The number of rotatable bonds is 3. The summed E-state index contributed by atoms with van der Waals surface area (Å²) in [6.45, 7) is 0. The van der Waals surface area contributed by atoms with Gasteiger partial charge in [0.2, 0.25) is 0 Å². The molecule has 1 fully saturated rings. The molecule has 20 heavy (non-hydrogen) atoms. The Kier molecular flexibility index (Phi) is 4.31. The summed E-state index contributed by atoms with van der Waals surface area (Å²) >= 11 is 0. The molecule has 0 aliphatic heterocycles. The normalized spacial score (nSPS) is 18.9. The molecule has 1 aliphatic rings. The number of nitrogens with zero attached hydrogens (tertiary/aromatic N) is 1. The molecule has 1 unspecified atom stereocenters. The standard InChI is InChI=1S/C18H24N2/c1-19-17(15-9-4-2-3-5-10-15)18-16-11-7-6-8-14(16)12-13-20-18/h6-8,11-13,15,17,19H,2-5,9-10H2,1H3. The third-order valence-corrected chi connectivity index (χ3v) is 4.68. The van der Waals surface area contributed by atoms with E-state index in [1.54, 1.807) is 0 Å². The summed E-state index contributed by atoms with van der Waals surface area (Å²) < 4.78 is 0. The Hall–Kier alpha value is -1.41. The lowest BCUT2D eigenvalue weighted by Crippen LogP contribution is -2.26. The second kappa shape index (κ2) is 6.36. The van der Waals surface area contributed by atoms with Crippen LogP contribution in [0.15, 0.2) is 36.5 Å². The van der Waals surface area contributed by atoms with Gasteiger partial charge in [-0.25, -0.2) is 0 Å². The zero-order chi connectivity index (χ0) is 13.8. The first-order chi connectivity index (χ1) is 9.90. The summed E-state index contributed by atoms with van der Waals surface area (Å²) in [5.41, 5.74) is 1.23. The number of fused-ring (bicyclic) bond motifs is 1. The maximum absolute atomic E-state index is 4.72. The van der Waals surface area contributed by atoms with Gasteiger partial charge in [-0.2, -0.15) is 0 Å². The molecular weight excluding hydrogens is 244 g/mol. The zero-order valence-corrected chi connectivity index (χ0v) is 12.3. The number of benzene rings is 1. The zero-order valence-electron chi connectivity index (χ0n) is 12.3. The smallest absolute Gasteiger partial charge is 0.0654 e. The second-order valence-corrected chi connectivity index (χ2v) is 5.94. The van der Waals surface area contributed by atoms with Gasteiger partial charge in [0.25, 0.3) is 0 Å². The van der Waals surface area contributed by atoms with Crippen LogP contribution in [0.4, 0.5) is 0 Å². The van der Waals surface area contributed by atoms with E-state index < -0.39 is 0 Å². The van der Waals surface area contributed by atoms with E-state index in [9.17, 15) is 0 Å². The molecule has 1 heterocycles. The van der Waals surface area contributed by atoms with E-state index in [4.69, 9.17) is 4.98 Å². The monoisotopic (exact) mass is 268 g/mol. The van der Waals surface area contributed by atoms with Crippen LogP contribution in [0, 0.1) is 5.92 Å². The Morgan fingerprint density at radius 2 is 1.80 bits per heavy atom. The lowest BCUT2D eigenvalue weighted by molar-refractivity contribution is 0.338. The number of nitrogens with one attached hydrogen (secondary N) is 1. The van der Waals surface area contributed by atoms with Crippen molar-refractivity contribution in [3.05, 3.63) is 42.2 Å². The van der Waals surface area contributed by atoms with Crippen LogP contribution in [0.1, 0.15) is 50.3 Å². The molecule has 1 aliphatic carbocycles. The first-order valence-corrected chi connectivity index (χ1v) is 7.91. The van der Waals surface area contributed by atoms with E-state index >= 15 is 0 Å². The maximum atomic E-state index is 4.72. The van der Waals surface area contributed by atoms with Gasteiger partial charge >= 0.3 is 0 Å². The molecule has 0 bridgehead atoms. The highest BCUT2D eigenvalue weighted by molar-refractivity contribution is 5.84. The van der Waals surface area contributed by atoms with Crippen LogP contribution in [0.3, 0.4) is 0 Å². The molecule has 1 N–H and O–H groups in total. The molecule has 1 atom stereocenters. The number of pyridine rings is 1. The third-order valence-electron chi connectivity index (χ3n) is 4.68. The maximum Gasteiger partial charge on any atom is 0.0654 e. The summed E-state index contributed by atoms with van der Waals surface area (Å²) in [6, 6.07) is 11.1. The van der Waals surface area contributed by atoms with Crippen molar-refractivity contribution in [1.82, 2.24) is 10.3 Å². The first kappa shape index (κ1) is 13.6. The Morgan fingerprint density at radius 3 is 2.55 bits per heavy atom. The van der Waals surface area contributed by atoms with Crippen molar-refractivity contribution in [3.8, 4) is 0 Å². The molecule has 0 saturated heterocycles. The average molecular weight is 268 g/mol. The molecule has 3 rings (SSSR count). The lowest BCUT2D eigenvalue weighted by Gasteiger charge is -2.26. The largest absolute Gasteiger partial charge is 0.311 e. The Morgan fingerprint density at radius 1 is 1.05 bits per heavy atom. The third kappa shape index (κ3) is 2.71. The van der Waals surface area contributed by atoms with Gasteiger partial charge in [0.1, 0.15) is 0 Å². The topological polar surface area (TPSA) is 24.9 Å². The van der Waals surface area contributed by atoms with Crippen LogP contribution in [0.25, 0.3) is 10.8 Å². The van der Waals surface area contributed by atoms with Crippen molar-refractivity contribution in [3.63, 3.8) is 0 Å². The van der Waals surface area contributed by atoms with Crippen molar-refractivity contribution in [2.45, 2.75) is 44.6 Å². The minimum atomic E-state index is 0.388. The van der Waals surface area contributed by atoms with Gasteiger partial charge in [0.15, 0.2) is 0 Å². The van der Waals surface area contributed by atoms with Crippen LogP contribution in [0.2, 0.25) is 0 Å². The van der Waals surface area contributed by atoms with Gasteiger partial charge in [0.05, 0.1) is 11.7 Å². The minimum absolute atomic E-state index is 0.388. The summed E-state index contributed by atoms with van der Waals surface area (Å²) in [6.07, 6.45) is 10.2. The Balaban J connectivity index is 1.98. The van der Waals surface area contributed by atoms with E-state index in [1.165, 1.54) is 55.0 Å². The first-order valence-electron chi connectivity index (χ1n) is 7.91. The van der Waals surface area contributed by atoms with E-state index in [0.717, 1.165) is 5.92 Å². The summed E-state index contributed by atoms with van der Waals surface area (Å²) in [5.74, 6) is 0.723. The Bertz CT molecular complexity index is 551. The predicted molar refractivity (Wildman–Crippen MR) is 84.7 cm³/mol. The molecule has 1 saturated carbocycles. The van der Waals surface area contributed by atoms with Gasteiger partial charge in [-0.15, -0.1) is 0 Å². The van der Waals surface area contributed by atoms with E-state index in [2.05, 4.69) is 42.7 Å². The average Bonchev–Trinajstić information content (AvgIpc) is 2.78. The number of hydrogen-bond donors (Lipinski definition) is 1. The van der Waals surface area contributed by atoms with E-state index in [1.807, 2.05) is 6.20 Å². The molecule has 1 aromatic carbocycles. The van der Waals surface area contributed by atoms with Gasteiger partial charge < -0.3 is 5.32 Å². The van der Waals surface area contributed by atoms with Gasteiger partial charge in [-0.1, -0.05) is 49.9 Å². The van der Waals surface area contributed by atoms with Crippen molar-refractivity contribution in [1.29, 1.82) is 0 Å². The van der Waals surface area contributed by atoms with Crippen LogP contribution in [-0.4, -0.2) is 12.0 Å². The van der Waals surface area contributed by atoms with Crippen LogP contribution >= 0.6 is 0 Å². The van der Waals surface area contributed by atoms with Crippen LogP contribution in [-0.2, 0) is 0 Å². The second-order valence-electron chi connectivity index (χ2n) is 5.94. The van der Waals surface area contributed by atoms with Crippen molar-refractivity contribution >= 4 is 10.8 Å². The van der Waals surface area contributed by atoms with Gasteiger partial charge in [-0.3, -0.25) is 4.98 Å². The molecule has 0 spiro atoms. The van der Waals surface area contributed by atoms with Crippen LogP contribution in [0.5, 0.6) is 0 Å². The molecule has 2 aromatic rings. The van der Waals surface area contributed by atoms with Crippen LogP contribution < -0.4 is 5.32 Å². The molecule has 106 valence electrons. The predicted octanol–water partition coefficient (Wildman–Crippen LogP) is 4.47. The highest BCUT2D eigenvalue weighted by Crippen LogP contribution is 2.35. The summed E-state index contributed by atoms with van der Waals surface area (Å²) in [7, 11) is 2.08. The minimum Gasteiger partial charge on any atom is -0.311 e. The van der Waals surface area contributed by atoms with E-state index in [-0.39, 0.29) is 0 Å².